The summed E-state index contributed by atoms with van der Waals surface area (Å²) in [7, 11) is 0. The maximum absolute atomic E-state index is 13.2. The van der Waals surface area contributed by atoms with Gasteiger partial charge in [0.05, 0.1) is 0 Å². The Morgan fingerprint density at radius 1 is 0.591 bits per heavy atom. The Balaban J connectivity index is 2.38. The van der Waals surface area contributed by atoms with Crippen molar-refractivity contribution in [3.63, 3.8) is 0 Å². The van der Waals surface area contributed by atoms with Crippen LogP contribution in [0, 0.1) is 0 Å². The highest BCUT2D eigenvalue weighted by Crippen LogP contribution is 2.39. The van der Waals surface area contributed by atoms with Gasteiger partial charge in [-0.25, -0.2) is 4.79 Å². The molecule has 5 heteroatoms. The van der Waals surface area contributed by atoms with Crippen LogP contribution in [0.15, 0.2) is 97.3 Å². The van der Waals surface area contributed by atoms with Crippen LogP contribution >= 0.6 is 0 Å². The van der Waals surface area contributed by atoms with Gasteiger partial charge in [-0.15, -0.1) is 0 Å². The van der Waals surface area contributed by atoms with E-state index in [1.807, 2.05) is 18.2 Å². The van der Waals surface area contributed by atoms with Crippen molar-refractivity contribution < 1.29 is 18.6 Å². The van der Waals surface area contributed by atoms with Crippen LogP contribution in [0.5, 0.6) is 17.2 Å². The van der Waals surface area contributed by atoms with E-state index in [4.69, 9.17) is 18.6 Å². The minimum absolute atomic E-state index is 0.0611. The molecule has 0 atom stereocenters. The number of benzene rings is 1. The predicted molar refractivity (Wildman–Crippen MR) is 186 cm³/mol. The van der Waals surface area contributed by atoms with Crippen LogP contribution in [0.2, 0.25) is 0 Å². The van der Waals surface area contributed by atoms with Crippen LogP contribution < -0.4 is 19.8 Å². The van der Waals surface area contributed by atoms with E-state index < -0.39 is 5.63 Å². The monoisotopic (exact) mass is 602 g/mol. The molecule has 240 valence electrons. The minimum Gasteiger partial charge on any atom is -0.489 e. The average molecular weight is 603 g/mol. The predicted octanol–water partition coefficient (Wildman–Crippen LogP) is 11.0. The molecule has 0 N–H and O–H groups in total. The normalized spacial score (nSPS) is 12.2. The Morgan fingerprint density at radius 2 is 1.02 bits per heavy atom. The first-order chi connectivity index (χ1) is 21.0. The first-order valence-electron chi connectivity index (χ1n) is 15.8. The third kappa shape index (κ3) is 13.7. The lowest BCUT2D eigenvalue weighted by molar-refractivity contribution is 0.293. The third-order valence-corrected chi connectivity index (χ3v) is 7.07. The SMILES string of the molecule is CC(C)=CCCC(C)=CCOc1c(OCC=C(C)CCC=C(C)C)c2c(OCC=C(C)CCC=C(C)C)cccc2oc1=O. The van der Waals surface area contributed by atoms with Gasteiger partial charge in [-0.1, -0.05) is 57.7 Å². The molecule has 0 unspecified atom stereocenters. The van der Waals surface area contributed by atoms with E-state index in [2.05, 4.69) is 92.7 Å². The van der Waals surface area contributed by atoms with Crippen molar-refractivity contribution in [3.8, 4) is 17.2 Å². The van der Waals surface area contributed by atoms with Gasteiger partial charge in [-0.3, -0.25) is 0 Å². The summed E-state index contributed by atoms with van der Waals surface area (Å²) < 4.78 is 24.3. The Labute approximate surface area is 265 Å². The van der Waals surface area contributed by atoms with E-state index in [9.17, 15) is 4.79 Å². The van der Waals surface area contributed by atoms with Gasteiger partial charge in [0.1, 0.15) is 36.5 Å². The number of rotatable bonds is 18. The quantitative estimate of drug-likeness (QED) is 0.125. The smallest absolute Gasteiger partial charge is 0.383 e. The Morgan fingerprint density at radius 3 is 1.48 bits per heavy atom. The van der Waals surface area contributed by atoms with Gasteiger partial charge in [0.25, 0.3) is 0 Å². The topological polar surface area (TPSA) is 57.9 Å². The van der Waals surface area contributed by atoms with Gasteiger partial charge in [-0.05, 0) is 131 Å². The van der Waals surface area contributed by atoms with Gasteiger partial charge >= 0.3 is 5.63 Å². The van der Waals surface area contributed by atoms with E-state index in [0.29, 0.717) is 35.7 Å². The lowest BCUT2D eigenvalue weighted by Crippen LogP contribution is -2.11. The molecule has 44 heavy (non-hydrogen) atoms. The summed E-state index contributed by atoms with van der Waals surface area (Å²) in [6.07, 6.45) is 18.7. The van der Waals surface area contributed by atoms with Crippen LogP contribution in [0.1, 0.15) is 101 Å². The molecule has 2 rings (SSSR count). The fraction of sp³-hybridized carbons (Fsp3) is 0.462. The zero-order chi connectivity index (χ0) is 32.5. The zero-order valence-corrected chi connectivity index (χ0v) is 28.6. The molecule has 0 aliphatic heterocycles. The fourth-order valence-electron chi connectivity index (χ4n) is 4.43. The van der Waals surface area contributed by atoms with Gasteiger partial charge < -0.3 is 18.6 Å². The molecule has 0 fully saturated rings. The Hall–Kier alpha value is -3.73. The van der Waals surface area contributed by atoms with Crippen molar-refractivity contribution in [2.24, 2.45) is 0 Å². The zero-order valence-electron chi connectivity index (χ0n) is 28.6. The van der Waals surface area contributed by atoms with Gasteiger partial charge in [0.2, 0.25) is 5.75 Å². The molecule has 1 aromatic carbocycles. The first kappa shape index (κ1) is 36.5. The second kappa shape index (κ2) is 19.5. The van der Waals surface area contributed by atoms with Crippen molar-refractivity contribution in [3.05, 3.63) is 98.5 Å². The second-order valence-corrected chi connectivity index (χ2v) is 12.2. The van der Waals surface area contributed by atoms with Crippen LogP contribution in [0.4, 0.5) is 0 Å². The van der Waals surface area contributed by atoms with E-state index in [1.54, 1.807) is 6.07 Å². The highest BCUT2D eigenvalue weighted by molar-refractivity contribution is 5.91. The maximum Gasteiger partial charge on any atom is 0.383 e. The average Bonchev–Trinajstić information content (AvgIpc) is 2.93. The second-order valence-electron chi connectivity index (χ2n) is 12.2. The molecule has 0 radical (unpaired) electrons. The molecule has 0 bridgehead atoms. The highest BCUT2D eigenvalue weighted by Gasteiger charge is 2.21. The van der Waals surface area contributed by atoms with E-state index in [0.717, 1.165) is 38.5 Å². The van der Waals surface area contributed by atoms with Gasteiger partial charge in [-0.2, -0.15) is 0 Å². The van der Waals surface area contributed by atoms with E-state index >= 15 is 0 Å². The Kier molecular flexibility index (Phi) is 16.2. The summed E-state index contributed by atoms with van der Waals surface area (Å²) in [5.74, 6) is 0.989. The largest absolute Gasteiger partial charge is 0.489 e. The molecule has 0 saturated heterocycles. The number of hydrogen-bond donors (Lipinski definition) is 0. The molecule has 5 nitrogen and oxygen atoms in total. The molecule has 0 amide bonds. The van der Waals surface area contributed by atoms with Crippen LogP contribution in [0.25, 0.3) is 11.0 Å². The molecule has 0 aliphatic rings. The molecule has 0 spiro atoms. The van der Waals surface area contributed by atoms with Crippen molar-refractivity contribution in [2.75, 3.05) is 19.8 Å². The molecule has 1 heterocycles. The minimum atomic E-state index is -0.570. The standard InChI is InChI=1S/C39H54O5/c1-28(2)14-10-17-31(7)22-25-41-34-20-13-21-35-36(34)37(42-26-23-32(8)18-11-15-29(3)4)38(39(40)44-35)43-27-24-33(9)19-12-16-30(5)6/h13-16,20-24H,10-12,17-19,25-27H2,1-9H3. The van der Waals surface area contributed by atoms with Crippen molar-refractivity contribution in [2.45, 2.75) is 101 Å². The first-order valence-corrected chi connectivity index (χ1v) is 15.8. The molecule has 0 aliphatic carbocycles. The van der Waals surface area contributed by atoms with Gasteiger partial charge in [0.15, 0.2) is 5.75 Å². The van der Waals surface area contributed by atoms with Crippen molar-refractivity contribution >= 4 is 11.0 Å². The molecule has 1 aromatic heterocycles. The molecule has 2 aromatic rings. The number of fused-ring (bicyclic) bond motifs is 1. The summed E-state index contributed by atoms with van der Waals surface area (Å²) in [6.45, 7) is 19.9. The van der Waals surface area contributed by atoms with Crippen molar-refractivity contribution in [1.29, 1.82) is 0 Å². The summed E-state index contributed by atoms with van der Waals surface area (Å²) >= 11 is 0. The fourth-order valence-corrected chi connectivity index (χ4v) is 4.43. The maximum atomic E-state index is 13.2. The Bertz CT molecular complexity index is 1450. The van der Waals surface area contributed by atoms with Crippen LogP contribution in [-0.4, -0.2) is 19.8 Å². The lowest BCUT2D eigenvalue weighted by atomic mass is 10.1. The highest BCUT2D eigenvalue weighted by atomic mass is 16.5. The van der Waals surface area contributed by atoms with E-state index in [1.165, 1.54) is 33.4 Å². The third-order valence-electron chi connectivity index (χ3n) is 7.07. The number of ether oxygens (including phenoxy) is 3. The van der Waals surface area contributed by atoms with Crippen LogP contribution in [-0.2, 0) is 0 Å². The summed E-state index contributed by atoms with van der Waals surface area (Å²) in [6, 6.07) is 5.45. The summed E-state index contributed by atoms with van der Waals surface area (Å²) in [5, 5.41) is 0.595. The number of hydrogen-bond acceptors (Lipinski definition) is 5. The summed E-state index contributed by atoms with van der Waals surface area (Å²) in [5.41, 5.74) is 7.44. The summed E-state index contributed by atoms with van der Waals surface area (Å²) in [4.78, 5) is 13.2. The van der Waals surface area contributed by atoms with Crippen molar-refractivity contribution in [1.82, 2.24) is 0 Å². The number of allylic oxidation sites excluding steroid dienone is 9. The van der Waals surface area contributed by atoms with Gasteiger partial charge in [0, 0.05) is 0 Å². The molecular formula is C39H54O5. The molecular weight excluding hydrogens is 548 g/mol. The lowest BCUT2D eigenvalue weighted by Gasteiger charge is -2.15. The van der Waals surface area contributed by atoms with E-state index in [-0.39, 0.29) is 12.4 Å². The molecule has 0 saturated carbocycles. The van der Waals surface area contributed by atoms with Crippen LogP contribution in [0.3, 0.4) is 0 Å².